The van der Waals surface area contributed by atoms with E-state index in [0.29, 0.717) is 18.7 Å². The molecule has 2 heterocycles. The summed E-state index contributed by atoms with van der Waals surface area (Å²) in [6.45, 7) is 4.32. The lowest BCUT2D eigenvalue weighted by Gasteiger charge is -2.19. The monoisotopic (exact) mass is 249 g/mol. The van der Waals surface area contributed by atoms with Gasteiger partial charge in [-0.15, -0.1) is 0 Å². The Bertz CT molecular complexity index is 498. The number of nitriles is 1. The van der Waals surface area contributed by atoms with Crippen molar-refractivity contribution < 1.29 is 9.50 Å². The molecule has 0 aromatic carbocycles. The molecule has 1 aromatic heterocycles. The largest absolute Gasteiger partial charge is 0.391 e. The number of nitrogens with zero attached hydrogens (tertiary/aromatic N) is 3. The third kappa shape index (κ3) is 2.29. The Labute approximate surface area is 106 Å². The second kappa shape index (κ2) is 4.91. The standard InChI is InChI=1S/C13H16FN3O/c1-8-5-9(2)16-13(12(8)14)17-6-10(3-4-15)11(18)7-17/h5,10-11,18H,3,6-7H2,1-2H3/t10-,11-/m1/s1. The molecule has 0 bridgehead atoms. The number of aliphatic hydroxyl groups excluding tert-OH is 1. The molecule has 96 valence electrons. The van der Waals surface area contributed by atoms with Gasteiger partial charge in [-0.2, -0.15) is 5.26 Å². The first-order chi connectivity index (χ1) is 8.52. The smallest absolute Gasteiger partial charge is 0.168 e. The van der Waals surface area contributed by atoms with Gasteiger partial charge in [-0.25, -0.2) is 9.37 Å². The molecule has 0 unspecified atom stereocenters. The van der Waals surface area contributed by atoms with E-state index in [0.717, 1.165) is 5.69 Å². The van der Waals surface area contributed by atoms with Crippen LogP contribution in [0.25, 0.3) is 0 Å². The summed E-state index contributed by atoms with van der Waals surface area (Å²) in [4.78, 5) is 5.93. The molecule has 0 saturated carbocycles. The summed E-state index contributed by atoms with van der Waals surface area (Å²) in [5.74, 6) is -0.186. The molecule has 0 spiro atoms. The van der Waals surface area contributed by atoms with Crippen molar-refractivity contribution in [3.05, 3.63) is 23.1 Å². The van der Waals surface area contributed by atoms with Gasteiger partial charge >= 0.3 is 0 Å². The molecule has 1 fully saturated rings. The highest BCUT2D eigenvalue weighted by atomic mass is 19.1. The van der Waals surface area contributed by atoms with Gasteiger partial charge in [-0.05, 0) is 25.5 Å². The molecule has 2 rings (SSSR count). The Hall–Kier alpha value is -1.67. The van der Waals surface area contributed by atoms with Crippen LogP contribution in [0.5, 0.6) is 0 Å². The number of aliphatic hydroxyl groups is 1. The highest BCUT2D eigenvalue weighted by Crippen LogP contribution is 2.28. The molecule has 0 aliphatic carbocycles. The number of anilines is 1. The first-order valence-corrected chi connectivity index (χ1v) is 5.96. The van der Waals surface area contributed by atoms with Crippen molar-refractivity contribution in [3.63, 3.8) is 0 Å². The van der Waals surface area contributed by atoms with Gasteiger partial charge < -0.3 is 10.0 Å². The zero-order valence-electron chi connectivity index (χ0n) is 10.5. The molecule has 1 saturated heterocycles. The molecule has 1 aliphatic heterocycles. The number of pyridine rings is 1. The maximum atomic E-state index is 14.0. The van der Waals surface area contributed by atoms with E-state index >= 15 is 0 Å². The van der Waals surface area contributed by atoms with Crippen LogP contribution in [-0.2, 0) is 0 Å². The van der Waals surface area contributed by atoms with Crippen LogP contribution in [0.2, 0.25) is 0 Å². The number of halogens is 1. The Balaban J connectivity index is 2.27. The van der Waals surface area contributed by atoms with Gasteiger partial charge in [0, 0.05) is 31.1 Å². The van der Waals surface area contributed by atoms with Crippen molar-refractivity contribution in [2.75, 3.05) is 18.0 Å². The molecular weight excluding hydrogens is 233 g/mol. The predicted molar refractivity (Wildman–Crippen MR) is 65.6 cm³/mol. The summed E-state index contributed by atoms with van der Waals surface area (Å²) >= 11 is 0. The van der Waals surface area contributed by atoms with Crippen molar-refractivity contribution in [1.82, 2.24) is 4.98 Å². The maximum absolute atomic E-state index is 14.0. The van der Waals surface area contributed by atoms with Crippen LogP contribution in [0.3, 0.4) is 0 Å². The molecule has 0 radical (unpaired) electrons. The van der Waals surface area contributed by atoms with E-state index in [1.807, 2.05) is 13.0 Å². The Morgan fingerprint density at radius 3 is 2.94 bits per heavy atom. The highest BCUT2D eigenvalue weighted by molar-refractivity contribution is 5.45. The molecule has 5 heteroatoms. The minimum atomic E-state index is -0.591. The minimum Gasteiger partial charge on any atom is -0.391 e. The molecule has 1 N–H and O–H groups in total. The quantitative estimate of drug-likeness (QED) is 0.863. The Morgan fingerprint density at radius 2 is 2.28 bits per heavy atom. The second-order valence-corrected chi connectivity index (χ2v) is 4.81. The minimum absolute atomic E-state index is 0.128. The lowest BCUT2D eigenvalue weighted by Crippen LogP contribution is -2.24. The molecule has 1 aliphatic rings. The van der Waals surface area contributed by atoms with E-state index in [-0.39, 0.29) is 24.0 Å². The van der Waals surface area contributed by atoms with E-state index in [9.17, 15) is 9.50 Å². The number of β-amino-alcohol motifs (C(OH)–C–C–N with tert-alkyl or cyclic N) is 1. The normalized spacial score (nSPS) is 23.2. The zero-order chi connectivity index (χ0) is 13.3. The lowest BCUT2D eigenvalue weighted by atomic mass is 10.0. The fraction of sp³-hybridized carbons (Fsp3) is 0.538. The fourth-order valence-electron chi connectivity index (χ4n) is 2.36. The first-order valence-electron chi connectivity index (χ1n) is 5.96. The topological polar surface area (TPSA) is 60.2 Å². The van der Waals surface area contributed by atoms with E-state index in [1.165, 1.54) is 0 Å². The molecule has 1 aromatic rings. The van der Waals surface area contributed by atoms with Gasteiger partial charge in [0.1, 0.15) is 0 Å². The van der Waals surface area contributed by atoms with Crippen LogP contribution < -0.4 is 4.90 Å². The zero-order valence-corrected chi connectivity index (χ0v) is 10.5. The molecule has 2 atom stereocenters. The summed E-state index contributed by atoms with van der Waals surface area (Å²) in [6, 6.07) is 3.74. The highest BCUT2D eigenvalue weighted by Gasteiger charge is 2.33. The van der Waals surface area contributed by atoms with Gasteiger partial charge in [0.2, 0.25) is 0 Å². The van der Waals surface area contributed by atoms with Crippen LogP contribution in [0.4, 0.5) is 10.2 Å². The molecule has 18 heavy (non-hydrogen) atoms. The third-order valence-corrected chi connectivity index (χ3v) is 3.31. The van der Waals surface area contributed by atoms with Gasteiger partial charge in [0.15, 0.2) is 11.6 Å². The van der Waals surface area contributed by atoms with Crippen LogP contribution in [-0.4, -0.2) is 29.3 Å². The number of rotatable bonds is 2. The van der Waals surface area contributed by atoms with Gasteiger partial charge in [-0.3, -0.25) is 0 Å². The molecule has 0 amide bonds. The molecular formula is C13H16FN3O. The van der Waals surface area contributed by atoms with Crippen molar-refractivity contribution in [3.8, 4) is 6.07 Å². The van der Waals surface area contributed by atoms with Crippen molar-refractivity contribution in [2.45, 2.75) is 26.4 Å². The van der Waals surface area contributed by atoms with E-state index in [1.54, 1.807) is 17.9 Å². The average Bonchev–Trinajstić information content (AvgIpc) is 2.66. The summed E-state index contributed by atoms with van der Waals surface area (Å²) in [5.41, 5.74) is 1.30. The van der Waals surface area contributed by atoms with Gasteiger partial charge in [-0.1, -0.05) is 0 Å². The lowest BCUT2D eigenvalue weighted by molar-refractivity contribution is 0.150. The maximum Gasteiger partial charge on any atom is 0.168 e. The number of aryl methyl sites for hydroxylation is 2. The van der Waals surface area contributed by atoms with Crippen LogP contribution in [0, 0.1) is 36.9 Å². The van der Waals surface area contributed by atoms with Crippen molar-refractivity contribution in [2.24, 2.45) is 5.92 Å². The summed E-state index contributed by atoms with van der Waals surface area (Å²) in [7, 11) is 0. The van der Waals surface area contributed by atoms with Crippen molar-refractivity contribution >= 4 is 5.82 Å². The Morgan fingerprint density at radius 1 is 1.56 bits per heavy atom. The third-order valence-electron chi connectivity index (χ3n) is 3.31. The molecule has 4 nitrogen and oxygen atoms in total. The van der Waals surface area contributed by atoms with E-state index in [4.69, 9.17) is 5.26 Å². The van der Waals surface area contributed by atoms with Gasteiger partial charge in [0.25, 0.3) is 0 Å². The van der Waals surface area contributed by atoms with Crippen LogP contribution in [0.15, 0.2) is 6.07 Å². The number of aromatic nitrogens is 1. The first kappa shape index (κ1) is 12.8. The summed E-state index contributed by atoms with van der Waals surface area (Å²) in [5, 5.41) is 18.5. The SMILES string of the molecule is Cc1cc(C)c(F)c(N2C[C@@H](CC#N)[C@H](O)C2)n1. The van der Waals surface area contributed by atoms with E-state index < -0.39 is 6.10 Å². The summed E-state index contributed by atoms with van der Waals surface area (Å²) in [6.07, 6.45) is -0.309. The Kier molecular flexibility index (Phi) is 3.48. The van der Waals surface area contributed by atoms with Crippen molar-refractivity contribution in [1.29, 1.82) is 5.26 Å². The predicted octanol–water partition coefficient (Wildman–Crippen LogP) is 1.55. The second-order valence-electron chi connectivity index (χ2n) is 4.81. The van der Waals surface area contributed by atoms with Crippen LogP contribution >= 0.6 is 0 Å². The average molecular weight is 249 g/mol. The fourth-order valence-corrected chi connectivity index (χ4v) is 2.36. The number of hydrogen-bond acceptors (Lipinski definition) is 4. The summed E-state index contributed by atoms with van der Waals surface area (Å²) < 4.78 is 14.0. The van der Waals surface area contributed by atoms with Gasteiger partial charge in [0.05, 0.1) is 12.2 Å². The van der Waals surface area contributed by atoms with E-state index in [2.05, 4.69) is 4.98 Å². The number of hydrogen-bond donors (Lipinski definition) is 1. The van der Waals surface area contributed by atoms with Crippen LogP contribution in [0.1, 0.15) is 17.7 Å².